The molecule has 0 atom stereocenters. The van der Waals surface area contributed by atoms with Crippen molar-refractivity contribution in [1.82, 2.24) is 0 Å². The third-order valence-electron chi connectivity index (χ3n) is 6.12. The molecule has 0 fully saturated rings. The minimum Gasteiger partial charge on any atom is -0.0680 e. The zero-order valence-corrected chi connectivity index (χ0v) is 15.3. The molecule has 21 heavy (non-hydrogen) atoms. The molecule has 0 aromatic heterocycles. The Hall–Kier alpha value is -1.34. The van der Waals surface area contributed by atoms with Crippen molar-refractivity contribution < 1.29 is 0 Å². The van der Waals surface area contributed by atoms with Crippen molar-refractivity contribution in [2.24, 2.45) is 0 Å². The molecular weight excluding hydrogens is 268 g/mol. The standard InChI is InChI=1S/C20H28Si/c1-19(2,17-13-9-7-10-14-17)21(5,6)20(3,4)18-15-11-8-12-16-18/h7-16H,1-6H3. The highest BCUT2D eigenvalue weighted by molar-refractivity contribution is 6.82. The quantitative estimate of drug-likeness (QED) is 0.632. The maximum Gasteiger partial charge on any atom is 0.0683 e. The number of rotatable bonds is 4. The van der Waals surface area contributed by atoms with Gasteiger partial charge in [0.2, 0.25) is 0 Å². The summed E-state index contributed by atoms with van der Waals surface area (Å²) in [5, 5.41) is 0.432. The van der Waals surface area contributed by atoms with Gasteiger partial charge in [-0.3, -0.25) is 0 Å². The topological polar surface area (TPSA) is 0 Å². The second-order valence-electron chi connectivity index (χ2n) is 7.61. The van der Waals surface area contributed by atoms with Crippen LogP contribution in [0.15, 0.2) is 60.7 Å². The van der Waals surface area contributed by atoms with Gasteiger partial charge in [0.05, 0.1) is 8.07 Å². The summed E-state index contributed by atoms with van der Waals surface area (Å²) in [5.41, 5.74) is 2.93. The van der Waals surface area contributed by atoms with E-state index in [2.05, 4.69) is 101 Å². The normalized spacial score (nSPS) is 13.2. The van der Waals surface area contributed by atoms with Crippen molar-refractivity contribution in [3.8, 4) is 0 Å². The van der Waals surface area contributed by atoms with E-state index >= 15 is 0 Å². The van der Waals surface area contributed by atoms with Crippen LogP contribution < -0.4 is 0 Å². The molecule has 112 valence electrons. The van der Waals surface area contributed by atoms with Gasteiger partial charge in [-0.15, -0.1) is 0 Å². The van der Waals surface area contributed by atoms with E-state index in [1.807, 2.05) is 0 Å². The first-order chi connectivity index (χ1) is 9.71. The predicted molar refractivity (Wildman–Crippen MR) is 96.4 cm³/mol. The lowest BCUT2D eigenvalue weighted by Crippen LogP contribution is -2.60. The van der Waals surface area contributed by atoms with Gasteiger partial charge in [-0.05, 0) is 21.2 Å². The average molecular weight is 297 g/mol. The lowest BCUT2D eigenvalue weighted by atomic mass is 10.0. The molecule has 0 aliphatic rings. The molecule has 0 nitrogen and oxygen atoms in total. The Bertz CT molecular complexity index is 526. The van der Waals surface area contributed by atoms with Gasteiger partial charge in [0.25, 0.3) is 0 Å². The van der Waals surface area contributed by atoms with Gasteiger partial charge < -0.3 is 0 Å². The van der Waals surface area contributed by atoms with Gasteiger partial charge in [0.15, 0.2) is 0 Å². The molecule has 2 rings (SSSR count). The van der Waals surface area contributed by atoms with Gasteiger partial charge >= 0.3 is 0 Å². The lowest BCUT2D eigenvalue weighted by Gasteiger charge is -2.51. The van der Waals surface area contributed by atoms with Gasteiger partial charge in [-0.1, -0.05) is 101 Å². The summed E-state index contributed by atoms with van der Waals surface area (Å²) in [6, 6.07) is 22.0. The third kappa shape index (κ3) is 2.60. The molecule has 0 amide bonds. The molecular formula is C20H28Si. The highest BCUT2D eigenvalue weighted by atomic mass is 28.3. The molecule has 0 unspecified atom stereocenters. The van der Waals surface area contributed by atoms with E-state index in [-0.39, 0.29) is 10.1 Å². The predicted octanol–water partition coefficient (Wildman–Crippen LogP) is 5.73. The highest BCUT2D eigenvalue weighted by Crippen LogP contribution is 2.45. The molecule has 0 radical (unpaired) electrons. The van der Waals surface area contributed by atoms with E-state index in [1.165, 1.54) is 11.1 Å². The Morgan fingerprint density at radius 3 is 1.14 bits per heavy atom. The van der Waals surface area contributed by atoms with Crippen molar-refractivity contribution in [2.75, 3.05) is 0 Å². The Kier molecular flexibility index (Phi) is 4.16. The van der Waals surface area contributed by atoms with E-state index in [0.29, 0.717) is 0 Å². The fraction of sp³-hybridized carbons (Fsp3) is 0.400. The number of benzene rings is 2. The van der Waals surface area contributed by atoms with Crippen molar-refractivity contribution in [3.05, 3.63) is 71.8 Å². The lowest BCUT2D eigenvalue weighted by molar-refractivity contribution is 0.615. The van der Waals surface area contributed by atoms with E-state index in [4.69, 9.17) is 0 Å². The molecule has 0 spiro atoms. The molecule has 0 saturated carbocycles. The fourth-order valence-corrected chi connectivity index (χ4v) is 6.55. The first kappa shape index (κ1) is 16.0. The van der Waals surface area contributed by atoms with Crippen LogP contribution in [0.5, 0.6) is 0 Å². The van der Waals surface area contributed by atoms with Crippen LogP contribution in [0, 0.1) is 0 Å². The monoisotopic (exact) mass is 296 g/mol. The second-order valence-corrected chi connectivity index (χ2v) is 13.4. The molecule has 2 aromatic carbocycles. The Labute approximate surface area is 131 Å². The minimum atomic E-state index is -1.64. The Morgan fingerprint density at radius 1 is 0.571 bits per heavy atom. The van der Waals surface area contributed by atoms with Crippen LogP contribution in [0.4, 0.5) is 0 Å². The maximum atomic E-state index is 2.53. The summed E-state index contributed by atoms with van der Waals surface area (Å²) in [4.78, 5) is 0. The zero-order chi connectivity index (χ0) is 15.7. The third-order valence-corrected chi connectivity index (χ3v) is 12.9. The van der Waals surface area contributed by atoms with E-state index in [0.717, 1.165) is 0 Å². The number of hydrogen-bond donors (Lipinski definition) is 0. The first-order valence-corrected chi connectivity index (χ1v) is 10.8. The summed E-state index contributed by atoms with van der Waals surface area (Å²) in [6.45, 7) is 14.8. The average Bonchev–Trinajstić information content (AvgIpc) is 2.48. The van der Waals surface area contributed by atoms with E-state index in [1.54, 1.807) is 0 Å². The molecule has 0 aliphatic heterocycles. The molecule has 0 saturated heterocycles. The molecule has 0 aliphatic carbocycles. The smallest absolute Gasteiger partial charge is 0.0680 e. The van der Waals surface area contributed by atoms with Crippen LogP contribution in [0.1, 0.15) is 38.8 Å². The SMILES string of the molecule is CC(C)(c1ccccc1)[Si](C)(C)C(C)(C)c1ccccc1. The van der Waals surface area contributed by atoms with Crippen LogP contribution in [0.2, 0.25) is 13.1 Å². The van der Waals surface area contributed by atoms with Gasteiger partial charge in [0.1, 0.15) is 0 Å². The number of hydrogen-bond acceptors (Lipinski definition) is 0. The van der Waals surface area contributed by atoms with Crippen LogP contribution >= 0.6 is 0 Å². The highest BCUT2D eigenvalue weighted by Gasteiger charge is 2.51. The van der Waals surface area contributed by atoms with Crippen LogP contribution in [0.3, 0.4) is 0 Å². The summed E-state index contributed by atoms with van der Waals surface area (Å²) in [7, 11) is -1.64. The van der Waals surface area contributed by atoms with Crippen LogP contribution in [-0.2, 0) is 10.1 Å². The fourth-order valence-electron chi connectivity index (χ4n) is 3.21. The summed E-state index contributed by atoms with van der Waals surface area (Å²) in [5.74, 6) is 0. The molecule has 2 aromatic rings. The zero-order valence-electron chi connectivity index (χ0n) is 14.3. The van der Waals surface area contributed by atoms with Gasteiger partial charge in [0, 0.05) is 0 Å². The van der Waals surface area contributed by atoms with E-state index in [9.17, 15) is 0 Å². The van der Waals surface area contributed by atoms with Crippen molar-refractivity contribution in [3.63, 3.8) is 0 Å². The summed E-state index contributed by atoms with van der Waals surface area (Å²) >= 11 is 0. The van der Waals surface area contributed by atoms with Crippen molar-refractivity contribution in [2.45, 2.75) is 50.9 Å². The molecule has 0 N–H and O–H groups in total. The van der Waals surface area contributed by atoms with Crippen molar-refractivity contribution >= 4 is 8.07 Å². The largest absolute Gasteiger partial charge is 0.0683 e. The van der Waals surface area contributed by atoms with Crippen molar-refractivity contribution in [1.29, 1.82) is 0 Å². The Morgan fingerprint density at radius 2 is 0.857 bits per heavy atom. The van der Waals surface area contributed by atoms with Gasteiger partial charge in [-0.2, -0.15) is 0 Å². The molecule has 0 heterocycles. The van der Waals surface area contributed by atoms with Crippen LogP contribution in [0.25, 0.3) is 0 Å². The summed E-state index contributed by atoms with van der Waals surface area (Å²) in [6.07, 6.45) is 0. The summed E-state index contributed by atoms with van der Waals surface area (Å²) < 4.78 is 0. The second kappa shape index (κ2) is 5.45. The minimum absolute atomic E-state index is 0.216. The first-order valence-electron chi connectivity index (χ1n) is 7.82. The van der Waals surface area contributed by atoms with E-state index < -0.39 is 8.07 Å². The van der Waals surface area contributed by atoms with Crippen LogP contribution in [-0.4, -0.2) is 8.07 Å². The molecule has 0 bridgehead atoms. The Balaban J connectivity index is 2.50. The van der Waals surface area contributed by atoms with Gasteiger partial charge in [-0.25, -0.2) is 0 Å². The molecule has 1 heteroatoms. The maximum absolute atomic E-state index is 2.53.